The molecule has 3 rings (SSSR count). The molecule has 1 aromatic carbocycles. The number of carbonyl (C=O) groups excluding carboxylic acids is 1. The minimum Gasteiger partial charge on any atom is -0.351 e. The molecule has 1 fully saturated rings. The van der Waals surface area contributed by atoms with Crippen LogP contribution in [0.5, 0.6) is 0 Å². The van der Waals surface area contributed by atoms with Crippen LogP contribution >= 0.6 is 0 Å². The predicted molar refractivity (Wildman–Crippen MR) is 107 cm³/mol. The molecule has 0 saturated carbocycles. The number of aromatic nitrogens is 2. The van der Waals surface area contributed by atoms with Gasteiger partial charge >= 0.3 is 0 Å². The standard InChI is InChI=1S/C20H27N3O3S/c1-3-4-5-11-21-20(24)18-13-19(16-8-6-15(2)7-9-16)23(22-18)17-10-12-27(25,26)14-17/h6-9,13,17H,3-5,10-12,14H2,1-2H3,(H,21,24). The normalized spacial score (nSPS) is 18.5. The number of nitrogens with one attached hydrogen (secondary N) is 1. The van der Waals surface area contributed by atoms with Crippen molar-refractivity contribution in [2.24, 2.45) is 0 Å². The number of aryl methyl sites for hydroxylation is 1. The smallest absolute Gasteiger partial charge is 0.271 e. The molecule has 1 aliphatic heterocycles. The summed E-state index contributed by atoms with van der Waals surface area (Å²) in [6.07, 6.45) is 3.64. The molecule has 1 N–H and O–H groups in total. The van der Waals surface area contributed by atoms with Crippen molar-refractivity contribution in [3.8, 4) is 11.3 Å². The SMILES string of the molecule is CCCCCNC(=O)c1cc(-c2ccc(C)cc2)n(C2CCS(=O)(=O)C2)n1. The largest absolute Gasteiger partial charge is 0.351 e. The predicted octanol–water partition coefficient (Wildman–Crippen LogP) is 3.14. The highest BCUT2D eigenvalue weighted by atomic mass is 32.2. The van der Waals surface area contributed by atoms with E-state index in [1.165, 1.54) is 0 Å². The van der Waals surface area contributed by atoms with Crippen LogP contribution in [0.1, 0.15) is 54.7 Å². The molecule has 2 aromatic rings. The number of sulfone groups is 1. The van der Waals surface area contributed by atoms with E-state index in [1.807, 2.05) is 31.2 Å². The molecule has 0 radical (unpaired) electrons. The van der Waals surface area contributed by atoms with Crippen molar-refractivity contribution >= 4 is 15.7 Å². The molecule has 1 unspecified atom stereocenters. The maximum Gasteiger partial charge on any atom is 0.271 e. The van der Waals surface area contributed by atoms with E-state index in [0.717, 1.165) is 36.1 Å². The molecule has 1 aromatic heterocycles. The quantitative estimate of drug-likeness (QED) is 0.738. The molecule has 1 aliphatic rings. The lowest BCUT2D eigenvalue weighted by atomic mass is 10.1. The fraction of sp³-hybridized carbons (Fsp3) is 0.500. The van der Waals surface area contributed by atoms with E-state index in [9.17, 15) is 13.2 Å². The van der Waals surface area contributed by atoms with Crippen LogP contribution in [0.15, 0.2) is 30.3 Å². The first-order chi connectivity index (χ1) is 12.9. The van der Waals surface area contributed by atoms with Gasteiger partial charge in [0.2, 0.25) is 0 Å². The van der Waals surface area contributed by atoms with Crippen LogP contribution in [0.25, 0.3) is 11.3 Å². The fourth-order valence-electron chi connectivity index (χ4n) is 3.36. The molecular formula is C20H27N3O3S. The van der Waals surface area contributed by atoms with Gasteiger partial charge in [-0.25, -0.2) is 8.42 Å². The first kappa shape index (κ1) is 19.6. The number of hydrogen-bond donors (Lipinski definition) is 1. The average Bonchev–Trinajstić information content (AvgIpc) is 3.22. The summed E-state index contributed by atoms with van der Waals surface area (Å²) in [6, 6.07) is 9.51. The molecule has 7 heteroatoms. The highest BCUT2D eigenvalue weighted by Gasteiger charge is 2.32. The zero-order chi connectivity index (χ0) is 19.4. The Hall–Kier alpha value is -2.15. The molecule has 146 valence electrons. The van der Waals surface area contributed by atoms with E-state index < -0.39 is 9.84 Å². The lowest BCUT2D eigenvalue weighted by molar-refractivity contribution is 0.0947. The van der Waals surface area contributed by atoms with Crippen molar-refractivity contribution in [2.75, 3.05) is 18.1 Å². The second-order valence-corrected chi connectivity index (χ2v) is 9.47. The fourth-order valence-corrected chi connectivity index (χ4v) is 5.05. The number of benzene rings is 1. The maximum atomic E-state index is 12.5. The van der Waals surface area contributed by atoms with Crippen molar-refractivity contribution in [1.29, 1.82) is 0 Å². The van der Waals surface area contributed by atoms with Gasteiger partial charge in [-0.05, 0) is 31.4 Å². The van der Waals surface area contributed by atoms with Crippen LogP contribution in [-0.2, 0) is 9.84 Å². The number of hydrogen-bond acceptors (Lipinski definition) is 4. The summed E-state index contributed by atoms with van der Waals surface area (Å²) < 4.78 is 25.6. The molecule has 1 amide bonds. The van der Waals surface area contributed by atoms with E-state index in [1.54, 1.807) is 10.7 Å². The summed E-state index contributed by atoms with van der Waals surface area (Å²) in [5.41, 5.74) is 3.20. The molecule has 1 saturated heterocycles. The van der Waals surface area contributed by atoms with Crippen LogP contribution in [-0.4, -0.2) is 42.2 Å². The Kier molecular flexibility index (Phi) is 5.99. The number of nitrogens with zero attached hydrogens (tertiary/aromatic N) is 2. The van der Waals surface area contributed by atoms with Crippen molar-refractivity contribution in [1.82, 2.24) is 15.1 Å². The Labute approximate surface area is 160 Å². The molecule has 27 heavy (non-hydrogen) atoms. The third-order valence-corrected chi connectivity index (χ3v) is 6.69. The van der Waals surface area contributed by atoms with Crippen molar-refractivity contribution in [3.05, 3.63) is 41.6 Å². The molecular weight excluding hydrogens is 362 g/mol. The molecule has 0 aliphatic carbocycles. The highest BCUT2D eigenvalue weighted by molar-refractivity contribution is 7.91. The van der Waals surface area contributed by atoms with Crippen molar-refractivity contribution in [3.63, 3.8) is 0 Å². The Morgan fingerprint density at radius 2 is 2.00 bits per heavy atom. The lowest BCUT2D eigenvalue weighted by Crippen LogP contribution is -2.25. The van der Waals surface area contributed by atoms with E-state index >= 15 is 0 Å². The lowest BCUT2D eigenvalue weighted by Gasteiger charge is -2.13. The molecule has 1 atom stereocenters. The van der Waals surface area contributed by atoms with Gasteiger partial charge in [-0.1, -0.05) is 49.6 Å². The molecule has 0 spiro atoms. The van der Waals surface area contributed by atoms with Gasteiger partial charge in [0.1, 0.15) is 0 Å². The van der Waals surface area contributed by atoms with Crippen LogP contribution in [0, 0.1) is 6.92 Å². The van der Waals surface area contributed by atoms with E-state index in [0.29, 0.717) is 18.7 Å². The number of rotatable bonds is 7. The second kappa shape index (κ2) is 8.25. The summed E-state index contributed by atoms with van der Waals surface area (Å²) in [6.45, 7) is 4.75. The van der Waals surface area contributed by atoms with E-state index in [2.05, 4.69) is 17.3 Å². The summed E-state index contributed by atoms with van der Waals surface area (Å²) >= 11 is 0. The Morgan fingerprint density at radius 1 is 1.26 bits per heavy atom. The van der Waals surface area contributed by atoms with Gasteiger partial charge in [0.15, 0.2) is 15.5 Å². The van der Waals surface area contributed by atoms with Crippen molar-refractivity contribution in [2.45, 2.75) is 45.6 Å². The topological polar surface area (TPSA) is 81.1 Å². The second-order valence-electron chi connectivity index (χ2n) is 7.25. The van der Waals surface area contributed by atoms with Gasteiger partial charge in [0.05, 0.1) is 23.2 Å². The van der Waals surface area contributed by atoms with E-state index in [4.69, 9.17) is 0 Å². The Morgan fingerprint density at radius 3 is 2.63 bits per heavy atom. The van der Waals surface area contributed by atoms with E-state index in [-0.39, 0.29) is 23.5 Å². The first-order valence-electron chi connectivity index (χ1n) is 9.55. The summed E-state index contributed by atoms with van der Waals surface area (Å²) in [5.74, 6) is 0.0354. The van der Waals surface area contributed by atoms with Gasteiger partial charge in [-0.3, -0.25) is 9.48 Å². The Balaban J connectivity index is 1.89. The molecule has 0 bridgehead atoms. The van der Waals surface area contributed by atoms with Gasteiger partial charge in [-0.15, -0.1) is 0 Å². The number of amides is 1. The first-order valence-corrected chi connectivity index (χ1v) is 11.4. The zero-order valence-electron chi connectivity index (χ0n) is 15.9. The highest BCUT2D eigenvalue weighted by Crippen LogP contribution is 2.30. The van der Waals surface area contributed by atoms with Gasteiger partial charge in [0.25, 0.3) is 5.91 Å². The molecule has 6 nitrogen and oxygen atoms in total. The summed E-state index contributed by atoms with van der Waals surface area (Å²) in [7, 11) is -3.04. The van der Waals surface area contributed by atoms with Gasteiger partial charge in [0, 0.05) is 6.54 Å². The third kappa shape index (κ3) is 4.77. The summed E-state index contributed by atoms with van der Waals surface area (Å²) in [5, 5.41) is 7.40. The zero-order valence-corrected chi connectivity index (χ0v) is 16.8. The summed E-state index contributed by atoms with van der Waals surface area (Å²) in [4.78, 5) is 12.5. The monoisotopic (exact) mass is 389 g/mol. The number of unbranched alkanes of at least 4 members (excludes halogenated alkanes) is 2. The average molecular weight is 390 g/mol. The Bertz CT molecular complexity index is 901. The van der Waals surface area contributed by atoms with Crippen LogP contribution < -0.4 is 5.32 Å². The minimum absolute atomic E-state index is 0.0745. The van der Waals surface area contributed by atoms with Crippen molar-refractivity contribution < 1.29 is 13.2 Å². The maximum absolute atomic E-state index is 12.5. The molecule has 2 heterocycles. The van der Waals surface area contributed by atoms with Crippen LogP contribution in [0.4, 0.5) is 0 Å². The van der Waals surface area contributed by atoms with Gasteiger partial charge in [-0.2, -0.15) is 5.10 Å². The number of carbonyl (C=O) groups is 1. The van der Waals surface area contributed by atoms with Crippen LogP contribution in [0.3, 0.4) is 0 Å². The van der Waals surface area contributed by atoms with Crippen LogP contribution in [0.2, 0.25) is 0 Å². The third-order valence-electron chi connectivity index (χ3n) is 4.94. The van der Waals surface area contributed by atoms with Gasteiger partial charge < -0.3 is 5.32 Å². The minimum atomic E-state index is -3.04.